The molecular weight excluding hydrogens is 389 g/mol. The number of carbonyl (C=O) groups excluding carboxylic acids is 1. The molecule has 0 aliphatic rings. The van der Waals surface area contributed by atoms with Gasteiger partial charge in [-0.1, -0.05) is 0 Å². The van der Waals surface area contributed by atoms with Crippen LogP contribution in [0.3, 0.4) is 0 Å². The van der Waals surface area contributed by atoms with Crippen molar-refractivity contribution in [1.29, 1.82) is 0 Å². The van der Waals surface area contributed by atoms with Gasteiger partial charge in [0.2, 0.25) is 0 Å². The number of carboxylic acids is 1. The van der Waals surface area contributed by atoms with E-state index in [9.17, 15) is 9.90 Å². The molecule has 0 spiro atoms. The van der Waals surface area contributed by atoms with E-state index >= 15 is 0 Å². The predicted octanol–water partition coefficient (Wildman–Crippen LogP) is 1.51. The van der Waals surface area contributed by atoms with E-state index in [-0.39, 0.29) is 5.56 Å². The zero-order chi connectivity index (χ0) is 10.4. The summed E-state index contributed by atoms with van der Waals surface area (Å²) in [7, 11) is 1.47. The molecule has 0 fully saturated rings. The van der Waals surface area contributed by atoms with Crippen LogP contribution in [0.2, 0.25) is 3.93 Å². The summed E-state index contributed by atoms with van der Waals surface area (Å²) < 4.78 is 6.54. The van der Waals surface area contributed by atoms with Gasteiger partial charge in [0.15, 0.2) is 0 Å². The first-order chi connectivity index (χ1) is 6.75. The van der Waals surface area contributed by atoms with Crippen molar-refractivity contribution in [2.24, 2.45) is 0 Å². The van der Waals surface area contributed by atoms with Crippen LogP contribution in [0.15, 0.2) is 24.3 Å². The van der Waals surface area contributed by atoms with Crippen molar-refractivity contribution in [3.8, 4) is 5.75 Å². The Bertz CT molecular complexity index is 317. The molecule has 0 bridgehead atoms. The van der Waals surface area contributed by atoms with Crippen LogP contribution in [0.4, 0.5) is 0 Å². The van der Waals surface area contributed by atoms with E-state index in [2.05, 4.69) is 6.92 Å². The van der Waals surface area contributed by atoms with Gasteiger partial charge in [-0.2, -0.15) is 0 Å². The first-order valence-electron chi connectivity index (χ1n) is 4.35. The van der Waals surface area contributed by atoms with Crippen molar-refractivity contribution in [2.45, 2.75) is 10.9 Å². The Kier molecular flexibility index (Phi) is 5.33. The van der Waals surface area contributed by atoms with E-state index < -0.39 is 29.0 Å². The second-order valence-corrected chi connectivity index (χ2v) is 14.9. The minimum absolute atomic E-state index is 0.129. The van der Waals surface area contributed by atoms with Crippen LogP contribution in [0, 0.1) is 0 Å². The summed E-state index contributed by atoms with van der Waals surface area (Å²) in [4.78, 5) is 10.7. The Labute approximate surface area is 97.6 Å². The number of carboxylic acid groups (broad SMARTS) is 1. The van der Waals surface area contributed by atoms with E-state index in [1.54, 1.807) is 18.2 Å². The number of benzene rings is 1. The van der Waals surface area contributed by atoms with Crippen molar-refractivity contribution in [3.05, 3.63) is 29.8 Å². The molecule has 0 atom stereocenters. The van der Waals surface area contributed by atoms with Gasteiger partial charge in [0.05, 0.1) is 0 Å². The fourth-order valence-electron chi connectivity index (χ4n) is 0.896. The predicted molar refractivity (Wildman–Crippen MR) is 49.5 cm³/mol. The third-order valence-corrected chi connectivity index (χ3v) is 10.5. The molecule has 0 unspecified atom stereocenters. The first kappa shape index (κ1) is 11.8. The molecule has 0 radical (unpaired) electrons. The average Bonchev–Trinajstić information content (AvgIpc) is 2.19. The van der Waals surface area contributed by atoms with Gasteiger partial charge in [0, 0.05) is 0 Å². The monoisotopic (exact) mass is 399 g/mol. The van der Waals surface area contributed by atoms with Gasteiger partial charge >= 0.3 is 98.1 Å². The van der Waals surface area contributed by atoms with Crippen molar-refractivity contribution < 1.29 is 37.1 Å². The maximum atomic E-state index is 10.7. The van der Waals surface area contributed by atoms with E-state index in [0.717, 1.165) is 0 Å². The van der Waals surface area contributed by atoms with Gasteiger partial charge in [0.1, 0.15) is 0 Å². The quantitative estimate of drug-likeness (QED) is 0.429. The first-order valence-corrected chi connectivity index (χ1v) is 15.9. The number of hydrogen-bond acceptors (Lipinski definition) is 4. The number of hydrogen-bond donors (Lipinski definition) is 0. The summed E-state index contributed by atoms with van der Waals surface area (Å²) in [6.07, 6.45) is 0. The molecule has 5 heteroatoms. The Morgan fingerprint density at radius 2 is 2.29 bits per heavy atom. The molecule has 3 nitrogen and oxygen atoms in total. The zero-order valence-electron chi connectivity index (χ0n) is 7.86. The van der Waals surface area contributed by atoms with Crippen LogP contribution in [0.5, 0.6) is 5.75 Å². The molecule has 14 heavy (non-hydrogen) atoms. The molecule has 0 saturated carbocycles. The van der Waals surface area contributed by atoms with Crippen LogP contribution in [-0.2, 0) is 23.1 Å². The third-order valence-electron chi connectivity index (χ3n) is 1.54. The van der Waals surface area contributed by atoms with Gasteiger partial charge in [-0.05, 0) is 0 Å². The second kappa shape index (κ2) is 6.29. The Morgan fingerprint density at radius 1 is 1.57 bits per heavy atom. The summed E-state index contributed by atoms with van der Waals surface area (Å²) >= 11 is -0.951. The molecule has 0 amide bonds. The molecular formula is C9H9HgO3S-. The Hall–Kier alpha value is -0.225. The van der Waals surface area contributed by atoms with Gasteiger partial charge in [-0.25, -0.2) is 0 Å². The van der Waals surface area contributed by atoms with Crippen molar-refractivity contribution >= 4 is 14.5 Å². The Balaban J connectivity index is 2.69. The molecule has 0 saturated heterocycles. The van der Waals surface area contributed by atoms with Crippen LogP contribution in [0.25, 0.3) is 0 Å². The van der Waals surface area contributed by atoms with Crippen LogP contribution < -0.4 is 9.29 Å². The normalized spacial score (nSPS) is 9.21. The Morgan fingerprint density at radius 3 is 2.93 bits per heavy atom. The van der Waals surface area contributed by atoms with Gasteiger partial charge in [0.25, 0.3) is 0 Å². The van der Waals surface area contributed by atoms with Gasteiger partial charge in [-0.15, -0.1) is 0 Å². The summed E-state index contributed by atoms with van der Waals surface area (Å²) in [5.74, 6) is -0.777. The second-order valence-electron chi connectivity index (χ2n) is 2.69. The number of aromatic carboxylic acids is 1. The van der Waals surface area contributed by atoms with Gasteiger partial charge < -0.3 is 0 Å². The van der Waals surface area contributed by atoms with Crippen LogP contribution >= 0.6 is 8.52 Å². The maximum absolute atomic E-state index is 10.7. The molecule has 72 valence electrons. The molecule has 0 aliphatic carbocycles. The topological polar surface area (TPSA) is 49.4 Å². The van der Waals surface area contributed by atoms with Crippen LogP contribution in [0.1, 0.15) is 17.3 Å². The molecule has 0 aromatic heterocycles. The zero-order valence-corrected chi connectivity index (χ0v) is 14.2. The van der Waals surface area contributed by atoms with E-state index in [1.807, 2.05) is 0 Å². The molecule has 1 rings (SSSR count). The number of carbonyl (C=O) groups is 1. The number of rotatable bonds is 5. The molecule has 0 heterocycles. The third kappa shape index (κ3) is 3.50. The van der Waals surface area contributed by atoms with Crippen molar-refractivity contribution in [3.63, 3.8) is 0 Å². The van der Waals surface area contributed by atoms with E-state index in [1.165, 1.54) is 18.5 Å². The minimum atomic E-state index is -1.19. The fraction of sp³-hybridized carbons (Fsp3) is 0.222. The standard InChI is InChI=1S/C7H6O3S.C2H5.Hg/c8-7(9)5-3-1-2-4-6(5)10-11;1-2;/h1-4,11H,(H,8,9);1H2,2H3;/q;;+1/p-2. The molecule has 1 aromatic rings. The molecule has 1 aromatic carbocycles. The summed E-state index contributed by atoms with van der Waals surface area (Å²) in [5.41, 5.74) is 0.129. The summed E-state index contributed by atoms with van der Waals surface area (Å²) in [6.45, 7) is 2.13. The van der Waals surface area contributed by atoms with Gasteiger partial charge in [-0.3, -0.25) is 0 Å². The van der Waals surface area contributed by atoms with Crippen molar-refractivity contribution in [1.82, 2.24) is 0 Å². The van der Waals surface area contributed by atoms with E-state index in [0.29, 0.717) is 5.75 Å². The fourth-order valence-corrected chi connectivity index (χ4v) is 5.82. The average molecular weight is 398 g/mol. The summed E-state index contributed by atoms with van der Waals surface area (Å²) in [5, 5.41) is 10.7. The van der Waals surface area contributed by atoms with Crippen LogP contribution in [-0.4, -0.2) is 5.97 Å². The summed E-state index contributed by atoms with van der Waals surface area (Å²) in [6, 6.07) is 6.56. The van der Waals surface area contributed by atoms with Crippen molar-refractivity contribution in [2.75, 3.05) is 0 Å². The molecule has 0 aliphatic heterocycles. The SMILES string of the molecule is C[CH2][Hg][S]Oc1ccccc1C(=O)[O-]. The number of para-hydroxylation sites is 1. The van der Waals surface area contributed by atoms with E-state index in [4.69, 9.17) is 4.18 Å². The molecule has 0 N–H and O–H groups in total.